The molecule has 1 unspecified atom stereocenters. The fourth-order valence-corrected chi connectivity index (χ4v) is 3.06. The van der Waals surface area contributed by atoms with E-state index in [1.807, 2.05) is 36.4 Å². The molecule has 0 aliphatic rings. The smallest absolute Gasteiger partial charge is 0.133 e. The molecule has 106 valence electrons. The summed E-state index contributed by atoms with van der Waals surface area (Å²) in [6.45, 7) is 0. The van der Waals surface area contributed by atoms with E-state index in [0.29, 0.717) is 0 Å². The van der Waals surface area contributed by atoms with E-state index in [1.54, 1.807) is 7.11 Å². The lowest BCUT2D eigenvalue weighted by Gasteiger charge is -2.18. The first-order valence-corrected chi connectivity index (χ1v) is 7.77. The number of halogens is 2. The molecule has 0 radical (unpaired) electrons. The van der Waals surface area contributed by atoms with Gasteiger partial charge in [-0.3, -0.25) is 11.3 Å². The summed E-state index contributed by atoms with van der Waals surface area (Å²) in [4.78, 5) is 0. The van der Waals surface area contributed by atoms with Crippen LogP contribution in [0.5, 0.6) is 5.75 Å². The normalized spacial score (nSPS) is 12.2. The Bertz CT molecular complexity index is 590. The molecule has 2 aromatic rings. The van der Waals surface area contributed by atoms with Crippen LogP contribution in [-0.2, 0) is 6.42 Å². The van der Waals surface area contributed by atoms with Crippen molar-refractivity contribution in [2.75, 3.05) is 7.11 Å². The first-order valence-electron chi connectivity index (χ1n) is 6.18. The van der Waals surface area contributed by atoms with Crippen molar-refractivity contribution in [1.29, 1.82) is 0 Å². The standard InChI is InChI=1S/C15H16Br2N2O/c1-20-15-7-6-11(8-13(15)17)14(19-18)9-10-4-2-3-5-12(10)16/h2-8,14,19H,9,18H2,1H3. The Morgan fingerprint density at radius 2 is 1.90 bits per heavy atom. The predicted octanol–water partition coefficient (Wildman–Crippen LogP) is 3.97. The van der Waals surface area contributed by atoms with Gasteiger partial charge in [-0.1, -0.05) is 40.2 Å². The Morgan fingerprint density at radius 1 is 1.15 bits per heavy atom. The van der Waals surface area contributed by atoms with Gasteiger partial charge in [0.2, 0.25) is 0 Å². The van der Waals surface area contributed by atoms with Gasteiger partial charge in [-0.25, -0.2) is 0 Å². The van der Waals surface area contributed by atoms with Crippen molar-refractivity contribution in [3.8, 4) is 5.75 Å². The first-order chi connectivity index (χ1) is 9.65. The van der Waals surface area contributed by atoms with Crippen LogP contribution in [-0.4, -0.2) is 7.11 Å². The zero-order valence-electron chi connectivity index (χ0n) is 11.1. The largest absolute Gasteiger partial charge is 0.496 e. The predicted molar refractivity (Wildman–Crippen MR) is 88.6 cm³/mol. The summed E-state index contributed by atoms with van der Waals surface area (Å²) in [6.07, 6.45) is 0.802. The molecule has 2 aromatic carbocycles. The van der Waals surface area contributed by atoms with Crippen molar-refractivity contribution >= 4 is 31.9 Å². The second-order valence-corrected chi connectivity index (χ2v) is 6.12. The topological polar surface area (TPSA) is 47.3 Å². The second-order valence-electron chi connectivity index (χ2n) is 4.41. The molecular formula is C15H16Br2N2O. The van der Waals surface area contributed by atoms with Crippen LogP contribution in [0.2, 0.25) is 0 Å². The Hall–Kier alpha value is -0.880. The van der Waals surface area contributed by atoms with E-state index in [4.69, 9.17) is 10.6 Å². The minimum absolute atomic E-state index is 0.0379. The van der Waals surface area contributed by atoms with Crippen LogP contribution in [0.25, 0.3) is 0 Å². The SMILES string of the molecule is COc1ccc(C(Cc2ccccc2Br)NN)cc1Br. The number of hydrogen-bond donors (Lipinski definition) is 2. The van der Waals surface area contributed by atoms with Gasteiger partial charge >= 0.3 is 0 Å². The second kappa shape index (κ2) is 7.22. The fraction of sp³-hybridized carbons (Fsp3) is 0.200. The van der Waals surface area contributed by atoms with Gasteiger partial charge in [-0.15, -0.1) is 0 Å². The number of nitrogens with one attached hydrogen (secondary N) is 1. The van der Waals surface area contributed by atoms with Crippen LogP contribution in [0.4, 0.5) is 0 Å². The Balaban J connectivity index is 2.24. The van der Waals surface area contributed by atoms with Crippen molar-refractivity contribution in [1.82, 2.24) is 5.43 Å². The van der Waals surface area contributed by atoms with Gasteiger partial charge in [0.25, 0.3) is 0 Å². The van der Waals surface area contributed by atoms with Crippen LogP contribution in [0.3, 0.4) is 0 Å². The lowest BCUT2D eigenvalue weighted by Crippen LogP contribution is -2.29. The van der Waals surface area contributed by atoms with Gasteiger partial charge in [0.05, 0.1) is 17.6 Å². The molecule has 2 rings (SSSR count). The maximum Gasteiger partial charge on any atom is 0.133 e. The highest BCUT2D eigenvalue weighted by atomic mass is 79.9. The Kier molecular flexibility index (Phi) is 5.60. The van der Waals surface area contributed by atoms with Crippen molar-refractivity contribution in [3.05, 3.63) is 62.5 Å². The highest BCUT2D eigenvalue weighted by Gasteiger charge is 2.14. The van der Waals surface area contributed by atoms with Gasteiger partial charge < -0.3 is 4.74 Å². The maximum absolute atomic E-state index is 5.71. The number of nitrogens with two attached hydrogens (primary N) is 1. The molecule has 0 bridgehead atoms. The Morgan fingerprint density at radius 3 is 2.50 bits per heavy atom. The van der Waals surface area contributed by atoms with Crippen LogP contribution >= 0.6 is 31.9 Å². The number of rotatable bonds is 5. The van der Waals surface area contributed by atoms with Crippen molar-refractivity contribution in [2.24, 2.45) is 5.84 Å². The van der Waals surface area contributed by atoms with Crippen molar-refractivity contribution in [2.45, 2.75) is 12.5 Å². The third kappa shape index (κ3) is 3.61. The number of hydrogen-bond acceptors (Lipinski definition) is 3. The zero-order chi connectivity index (χ0) is 14.5. The maximum atomic E-state index is 5.71. The first kappa shape index (κ1) is 15.5. The zero-order valence-corrected chi connectivity index (χ0v) is 14.2. The molecule has 0 fully saturated rings. The lowest BCUT2D eigenvalue weighted by atomic mass is 9.99. The molecule has 0 aromatic heterocycles. The van der Waals surface area contributed by atoms with E-state index in [0.717, 1.165) is 26.7 Å². The molecule has 0 saturated carbocycles. The number of methoxy groups -OCH3 is 1. The van der Waals surface area contributed by atoms with E-state index in [1.165, 1.54) is 5.56 Å². The summed E-state index contributed by atoms with van der Waals surface area (Å²) in [5.74, 6) is 6.52. The molecule has 3 N–H and O–H groups in total. The third-order valence-electron chi connectivity index (χ3n) is 3.16. The number of hydrazine groups is 1. The van der Waals surface area contributed by atoms with Crippen LogP contribution in [0, 0.1) is 0 Å². The minimum atomic E-state index is 0.0379. The molecule has 20 heavy (non-hydrogen) atoms. The molecule has 0 amide bonds. The molecule has 3 nitrogen and oxygen atoms in total. The molecule has 0 aliphatic heterocycles. The minimum Gasteiger partial charge on any atom is -0.496 e. The monoisotopic (exact) mass is 398 g/mol. The van der Waals surface area contributed by atoms with Crippen LogP contribution < -0.4 is 16.0 Å². The van der Waals surface area contributed by atoms with Gasteiger partial charge in [0.15, 0.2) is 0 Å². The molecule has 0 aliphatic carbocycles. The van der Waals surface area contributed by atoms with E-state index in [2.05, 4.69) is 43.4 Å². The van der Waals surface area contributed by atoms with Crippen LogP contribution in [0.15, 0.2) is 51.4 Å². The summed E-state index contributed by atoms with van der Waals surface area (Å²) < 4.78 is 7.26. The van der Waals surface area contributed by atoms with Gasteiger partial charge in [-0.2, -0.15) is 0 Å². The molecule has 5 heteroatoms. The highest BCUT2D eigenvalue weighted by molar-refractivity contribution is 9.10. The molecule has 0 saturated heterocycles. The molecule has 1 atom stereocenters. The van der Waals surface area contributed by atoms with Gasteiger partial charge in [0, 0.05) is 4.47 Å². The van der Waals surface area contributed by atoms with E-state index in [-0.39, 0.29) is 6.04 Å². The highest BCUT2D eigenvalue weighted by Crippen LogP contribution is 2.30. The van der Waals surface area contributed by atoms with Gasteiger partial charge in [0.1, 0.15) is 5.75 Å². The summed E-state index contributed by atoms with van der Waals surface area (Å²) >= 11 is 7.07. The van der Waals surface area contributed by atoms with Gasteiger partial charge in [-0.05, 0) is 51.7 Å². The lowest BCUT2D eigenvalue weighted by molar-refractivity contribution is 0.411. The summed E-state index contributed by atoms with van der Waals surface area (Å²) in [7, 11) is 1.65. The molecular weight excluding hydrogens is 384 g/mol. The summed E-state index contributed by atoms with van der Waals surface area (Å²) in [6, 6.07) is 14.2. The van der Waals surface area contributed by atoms with E-state index >= 15 is 0 Å². The van der Waals surface area contributed by atoms with Crippen molar-refractivity contribution < 1.29 is 4.74 Å². The number of benzene rings is 2. The average molecular weight is 400 g/mol. The van der Waals surface area contributed by atoms with E-state index in [9.17, 15) is 0 Å². The summed E-state index contributed by atoms with van der Waals surface area (Å²) in [5.41, 5.74) is 5.19. The fourth-order valence-electron chi connectivity index (χ4n) is 2.06. The molecule has 0 spiro atoms. The number of ether oxygens (including phenoxy) is 1. The molecule has 0 heterocycles. The average Bonchev–Trinajstić information content (AvgIpc) is 2.46. The van der Waals surface area contributed by atoms with E-state index < -0.39 is 0 Å². The van der Waals surface area contributed by atoms with Crippen molar-refractivity contribution in [3.63, 3.8) is 0 Å². The third-order valence-corrected chi connectivity index (χ3v) is 4.55. The summed E-state index contributed by atoms with van der Waals surface area (Å²) in [5, 5.41) is 0. The quantitative estimate of drug-likeness (QED) is 0.590. The Labute approximate surface area is 135 Å². The van der Waals surface area contributed by atoms with Crippen LogP contribution in [0.1, 0.15) is 17.2 Å².